The van der Waals surface area contributed by atoms with Crippen molar-refractivity contribution < 1.29 is 14.5 Å². The maximum absolute atomic E-state index is 12.6. The van der Waals surface area contributed by atoms with Crippen LogP contribution in [0, 0.1) is 10.1 Å². The zero-order chi connectivity index (χ0) is 15.5. The molecule has 2 aliphatic heterocycles. The van der Waals surface area contributed by atoms with Crippen LogP contribution in [-0.2, 0) is 4.74 Å². The minimum Gasteiger partial charge on any atom is -0.378 e. The van der Waals surface area contributed by atoms with Crippen LogP contribution in [0.1, 0.15) is 23.2 Å². The Labute approximate surface area is 128 Å². The number of benzene rings is 1. The molecule has 0 bridgehead atoms. The van der Waals surface area contributed by atoms with Crippen LogP contribution >= 0.6 is 0 Å². The van der Waals surface area contributed by atoms with Gasteiger partial charge in [0.25, 0.3) is 11.6 Å². The molecule has 0 spiro atoms. The molecule has 1 amide bonds. The molecule has 0 saturated carbocycles. The Bertz CT molecular complexity index is 578. The Hall–Kier alpha value is -2.15. The van der Waals surface area contributed by atoms with E-state index in [1.807, 2.05) is 0 Å². The van der Waals surface area contributed by atoms with Gasteiger partial charge in [0.1, 0.15) is 5.56 Å². The van der Waals surface area contributed by atoms with Gasteiger partial charge in [-0.25, -0.2) is 0 Å². The summed E-state index contributed by atoms with van der Waals surface area (Å²) in [5.41, 5.74) is 0.918. The summed E-state index contributed by atoms with van der Waals surface area (Å²) in [5.74, 6) is -0.237. The molecule has 0 radical (unpaired) electrons. The third-order valence-electron chi connectivity index (χ3n) is 4.18. The van der Waals surface area contributed by atoms with E-state index in [0.29, 0.717) is 26.3 Å². The van der Waals surface area contributed by atoms with E-state index in [2.05, 4.69) is 4.90 Å². The van der Waals surface area contributed by atoms with Crippen molar-refractivity contribution in [2.45, 2.75) is 12.8 Å². The number of carbonyl (C=O) groups is 1. The molecule has 2 saturated heterocycles. The summed E-state index contributed by atoms with van der Waals surface area (Å²) in [6.45, 7) is 4.08. The van der Waals surface area contributed by atoms with Crippen molar-refractivity contribution >= 4 is 17.3 Å². The van der Waals surface area contributed by atoms with Gasteiger partial charge in [-0.05, 0) is 25.0 Å². The Morgan fingerprint density at radius 1 is 1.14 bits per heavy atom. The molecule has 2 heterocycles. The number of nitro groups is 1. The lowest BCUT2D eigenvalue weighted by Crippen LogP contribution is -2.36. The quantitative estimate of drug-likeness (QED) is 0.627. The van der Waals surface area contributed by atoms with Crippen molar-refractivity contribution in [3.8, 4) is 0 Å². The normalized spacial score (nSPS) is 18.5. The van der Waals surface area contributed by atoms with Gasteiger partial charge in [0.05, 0.1) is 18.1 Å². The first-order chi connectivity index (χ1) is 10.7. The highest BCUT2D eigenvalue weighted by molar-refractivity contribution is 5.99. The fourth-order valence-corrected chi connectivity index (χ4v) is 2.96. The number of anilines is 1. The number of morpholine rings is 1. The number of hydrogen-bond donors (Lipinski definition) is 0. The smallest absolute Gasteiger partial charge is 0.282 e. The number of hydrogen-bond acceptors (Lipinski definition) is 5. The standard InChI is InChI=1S/C15H19N3O4/c19-15(17-5-1-2-6-17)13-11-12(3-4-14(13)18(20)21)16-7-9-22-10-8-16/h3-4,11H,1-2,5-10H2. The molecule has 22 heavy (non-hydrogen) atoms. The molecule has 0 N–H and O–H groups in total. The highest BCUT2D eigenvalue weighted by Gasteiger charge is 2.27. The van der Waals surface area contributed by atoms with E-state index in [1.165, 1.54) is 6.07 Å². The first-order valence-corrected chi connectivity index (χ1v) is 7.57. The van der Waals surface area contributed by atoms with Crippen molar-refractivity contribution in [3.05, 3.63) is 33.9 Å². The monoisotopic (exact) mass is 305 g/mol. The minimum atomic E-state index is -0.480. The highest BCUT2D eigenvalue weighted by Crippen LogP contribution is 2.27. The molecule has 2 fully saturated rings. The number of nitrogens with zero attached hydrogens (tertiary/aromatic N) is 3. The number of ether oxygens (including phenoxy) is 1. The van der Waals surface area contributed by atoms with Crippen LogP contribution in [0.25, 0.3) is 0 Å². The van der Waals surface area contributed by atoms with Crippen LogP contribution in [-0.4, -0.2) is 55.1 Å². The van der Waals surface area contributed by atoms with Crippen molar-refractivity contribution in [1.82, 2.24) is 4.90 Å². The molecule has 0 unspecified atom stereocenters. The summed E-state index contributed by atoms with van der Waals surface area (Å²) < 4.78 is 5.32. The number of rotatable bonds is 3. The molecule has 3 rings (SSSR count). The molecule has 1 aromatic rings. The lowest BCUT2D eigenvalue weighted by atomic mass is 10.1. The van der Waals surface area contributed by atoms with Gasteiger partial charge in [-0.3, -0.25) is 14.9 Å². The molecular weight excluding hydrogens is 286 g/mol. The number of nitro benzene ring substituents is 1. The second-order valence-corrected chi connectivity index (χ2v) is 5.56. The number of amides is 1. The summed E-state index contributed by atoms with van der Waals surface area (Å²) in [6.07, 6.45) is 1.92. The van der Waals surface area contributed by atoms with E-state index >= 15 is 0 Å². The van der Waals surface area contributed by atoms with E-state index in [4.69, 9.17) is 4.74 Å². The number of carbonyl (C=O) groups excluding carboxylic acids is 1. The zero-order valence-electron chi connectivity index (χ0n) is 12.4. The van der Waals surface area contributed by atoms with Gasteiger partial charge < -0.3 is 14.5 Å². The van der Waals surface area contributed by atoms with Gasteiger partial charge >= 0.3 is 0 Å². The average molecular weight is 305 g/mol. The van der Waals surface area contributed by atoms with E-state index in [1.54, 1.807) is 17.0 Å². The second-order valence-electron chi connectivity index (χ2n) is 5.56. The van der Waals surface area contributed by atoms with Gasteiger partial charge in [0.15, 0.2) is 0 Å². The Kier molecular flexibility index (Phi) is 4.24. The van der Waals surface area contributed by atoms with Gasteiger partial charge in [-0.15, -0.1) is 0 Å². The van der Waals surface area contributed by atoms with Crippen LogP contribution < -0.4 is 4.90 Å². The predicted molar refractivity (Wildman–Crippen MR) is 81.3 cm³/mol. The van der Waals surface area contributed by atoms with Gasteiger partial charge in [0.2, 0.25) is 0 Å². The molecule has 1 aromatic carbocycles. The maximum atomic E-state index is 12.6. The maximum Gasteiger partial charge on any atom is 0.282 e. The SMILES string of the molecule is O=C(c1cc(N2CCOCC2)ccc1[N+](=O)[O-])N1CCCC1. The van der Waals surface area contributed by atoms with Crippen LogP contribution in [0.5, 0.6) is 0 Å². The van der Waals surface area contributed by atoms with E-state index in [0.717, 1.165) is 31.6 Å². The summed E-state index contributed by atoms with van der Waals surface area (Å²) in [6, 6.07) is 4.81. The molecule has 0 atom stereocenters. The van der Waals surface area contributed by atoms with Crippen molar-refractivity contribution in [1.29, 1.82) is 0 Å². The van der Waals surface area contributed by atoms with E-state index < -0.39 is 4.92 Å². The zero-order valence-corrected chi connectivity index (χ0v) is 12.4. The van der Waals surface area contributed by atoms with E-state index in [-0.39, 0.29) is 17.2 Å². The summed E-state index contributed by atoms with van der Waals surface area (Å²) in [5, 5.41) is 11.2. The Morgan fingerprint density at radius 3 is 2.45 bits per heavy atom. The van der Waals surface area contributed by atoms with Crippen LogP contribution in [0.2, 0.25) is 0 Å². The van der Waals surface area contributed by atoms with Crippen molar-refractivity contribution in [3.63, 3.8) is 0 Å². The van der Waals surface area contributed by atoms with Crippen LogP contribution in [0.4, 0.5) is 11.4 Å². The molecular formula is C15H19N3O4. The largest absolute Gasteiger partial charge is 0.378 e. The molecule has 7 heteroatoms. The lowest BCUT2D eigenvalue weighted by Gasteiger charge is -2.29. The molecule has 2 aliphatic rings. The summed E-state index contributed by atoms with van der Waals surface area (Å²) in [7, 11) is 0. The summed E-state index contributed by atoms with van der Waals surface area (Å²) in [4.78, 5) is 27.1. The Balaban J connectivity index is 1.93. The molecule has 7 nitrogen and oxygen atoms in total. The first kappa shape index (κ1) is 14.8. The lowest BCUT2D eigenvalue weighted by molar-refractivity contribution is -0.385. The Morgan fingerprint density at radius 2 is 1.82 bits per heavy atom. The highest BCUT2D eigenvalue weighted by atomic mass is 16.6. The molecule has 118 valence electrons. The second kappa shape index (κ2) is 6.31. The van der Waals surface area contributed by atoms with Crippen LogP contribution in [0.3, 0.4) is 0 Å². The number of likely N-dealkylation sites (tertiary alicyclic amines) is 1. The minimum absolute atomic E-state index is 0.117. The van der Waals surface area contributed by atoms with E-state index in [9.17, 15) is 14.9 Å². The van der Waals surface area contributed by atoms with Gasteiger partial charge in [-0.2, -0.15) is 0 Å². The first-order valence-electron chi connectivity index (χ1n) is 7.57. The van der Waals surface area contributed by atoms with Crippen molar-refractivity contribution in [2.24, 2.45) is 0 Å². The topological polar surface area (TPSA) is 75.9 Å². The third kappa shape index (κ3) is 2.89. The fraction of sp³-hybridized carbons (Fsp3) is 0.533. The predicted octanol–water partition coefficient (Wildman–Crippen LogP) is 1.67. The van der Waals surface area contributed by atoms with Crippen LogP contribution in [0.15, 0.2) is 18.2 Å². The summed E-state index contributed by atoms with van der Waals surface area (Å²) >= 11 is 0. The molecule has 0 aromatic heterocycles. The fourth-order valence-electron chi connectivity index (χ4n) is 2.96. The van der Waals surface area contributed by atoms with Gasteiger partial charge in [-0.1, -0.05) is 0 Å². The molecule has 0 aliphatic carbocycles. The van der Waals surface area contributed by atoms with Gasteiger partial charge in [0, 0.05) is 37.9 Å². The van der Waals surface area contributed by atoms with Crippen molar-refractivity contribution in [2.75, 3.05) is 44.3 Å². The third-order valence-corrected chi connectivity index (χ3v) is 4.18. The average Bonchev–Trinajstić information content (AvgIpc) is 3.09.